The van der Waals surface area contributed by atoms with Gasteiger partial charge in [0, 0.05) is 10.3 Å². The maximum Gasteiger partial charge on any atom is 0.312 e. The van der Waals surface area contributed by atoms with Crippen LogP contribution in [0.2, 0.25) is 0 Å². The van der Waals surface area contributed by atoms with E-state index in [2.05, 4.69) is 31.0 Å². The number of carboxylic acids is 1. The predicted molar refractivity (Wildman–Crippen MR) is 79.4 cm³/mol. The number of aromatic nitrogens is 1. The molecule has 4 heteroatoms. The molecule has 0 amide bonds. The summed E-state index contributed by atoms with van der Waals surface area (Å²) >= 11 is 1.67. The minimum absolute atomic E-state index is 0.181. The van der Waals surface area contributed by atoms with E-state index >= 15 is 0 Å². The van der Waals surface area contributed by atoms with Crippen molar-refractivity contribution in [1.29, 1.82) is 0 Å². The molecule has 1 atom stereocenters. The first-order valence-corrected chi connectivity index (χ1v) is 7.60. The zero-order chi connectivity index (χ0) is 14.3. The predicted octanol–water partition coefficient (Wildman–Crippen LogP) is 3.58. The molecular formula is C16H17NO2S. The molecule has 1 N–H and O–H groups in total. The molecule has 1 aromatic carbocycles. The van der Waals surface area contributed by atoms with Gasteiger partial charge in [-0.25, -0.2) is 4.98 Å². The second kappa shape index (κ2) is 4.70. The summed E-state index contributed by atoms with van der Waals surface area (Å²) in [4.78, 5) is 17.1. The Morgan fingerprint density at radius 2 is 2.05 bits per heavy atom. The Bertz CT molecular complexity index is 646. The molecule has 0 fully saturated rings. The minimum atomic E-state index is -0.752. The molecule has 3 rings (SSSR count). The Hall–Kier alpha value is -1.68. The van der Waals surface area contributed by atoms with Gasteiger partial charge in [0.15, 0.2) is 0 Å². The van der Waals surface area contributed by atoms with E-state index in [9.17, 15) is 9.90 Å². The normalized spacial score (nSPS) is 18.0. The number of hydrogen-bond acceptors (Lipinski definition) is 3. The van der Waals surface area contributed by atoms with Crippen LogP contribution in [0, 0.1) is 0 Å². The Balaban J connectivity index is 2.01. The zero-order valence-corrected chi connectivity index (χ0v) is 12.4. The Morgan fingerprint density at radius 1 is 1.35 bits per heavy atom. The summed E-state index contributed by atoms with van der Waals surface area (Å²) in [7, 11) is 0. The molecule has 0 radical (unpaired) electrons. The number of rotatable bonds is 3. The highest BCUT2D eigenvalue weighted by molar-refractivity contribution is 7.12. The number of aliphatic carboxylic acids is 1. The lowest BCUT2D eigenvalue weighted by Gasteiger charge is -2.22. The first-order chi connectivity index (χ1) is 9.50. The smallest absolute Gasteiger partial charge is 0.312 e. The Labute approximate surface area is 122 Å². The standard InChI is InChI=1S/C16H17NO2S/c1-16(2,10-6-4-3-5-7-10)15-17-13-11(14(18)19)8-9-12(13)20-15/h3-7,11H,8-9H2,1-2H3,(H,18,19). The van der Waals surface area contributed by atoms with E-state index in [1.165, 1.54) is 5.56 Å². The van der Waals surface area contributed by atoms with Gasteiger partial charge in [-0.1, -0.05) is 30.3 Å². The summed E-state index contributed by atoms with van der Waals surface area (Å²) in [6, 6.07) is 10.3. The van der Waals surface area contributed by atoms with Gasteiger partial charge < -0.3 is 5.11 Å². The lowest BCUT2D eigenvalue weighted by molar-refractivity contribution is -0.138. The molecule has 104 valence electrons. The minimum Gasteiger partial charge on any atom is -0.481 e. The molecule has 0 spiro atoms. The fourth-order valence-electron chi connectivity index (χ4n) is 2.71. The highest BCUT2D eigenvalue weighted by Gasteiger charge is 2.36. The lowest BCUT2D eigenvalue weighted by Crippen LogP contribution is -2.19. The van der Waals surface area contributed by atoms with E-state index in [1.54, 1.807) is 11.3 Å². The summed E-state index contributed by atoms with van der Waals surface area (Å²) in [6.07, 6.45) is 1.53. The molecule has 0 bridgehead atoms. The van der Waals surface area contributed by atoms with Crippen LogP contribution in [0.5, 0.6) is 0 Å². The van der Waals surface area contributed by atoms with Crippen molar-refractivity contribution in [3.05, 3.63) is 51.5 Å². The third kappa shape index (κ3) is 2.04. The van der Waals surface area contributed by atoms with Crippen molar-refractivity contribution in [1.82, 2.24) is 4.98 Å². The maximum atomic E-state index is 11.3. The van der Waals surface area contributed by atoms with Crippen molar-refractivity contribution in [3.8, 4) is 0 Å². The number of benzene rings is 1. The second-order valence-electron chi connectivity index (χ2n) is 5.75. The Morgan fingerprint density at radius 3 is 2.70 bits per heavy atom. The maximum absolute atomic E-state index is 11.3. The van der Waals surface area contributed by atoms with Crippen molar-refractivity contribution in [3.63, 3.8) is 0 Å². The van der Waals surface area contributed by atoms with Gasteiger partial charge in [0.25, 0.3) is 0 Å². The quantitative estimate of drug-likeness (QED) is 0.938. The zero-order valence-electron chi connectivity index (χ0n) is 11.6. The van der Waals surface area contributed by atoms with Crippen LogP contribution < -0.4 is 0 Å². The van der Waals surface area contributed by atoms with E-state index in [1.807, 2.05) is 18.2 Å². The molecule has 1 aliphatic rings. The van der Waals surface area contributed by atoms with Crippen LogP contribution >= 0.6 is 11.3 Å². The molecule has 0 aliphatic heterocycles. The third-order valence-corrected chi connectivity index (χ3v) is 5.50. The molecule has 2 aromatic rings. The molecule has 1 unspecified atom stereocenters. The van der Waals surface area contributed by atoms with Crippen molar-refractivity contribution < 1.29 is 9.90 Å². The van der Waals surface area contributed by atoms with E-state index in [4.69, 9.17) is 0 Å². The van der Waals surface area contributed by atoms with Crippen molar-refractivity contribution >= 4 is 17.3 Å². The van der Waals surface area contributed by atoms with Gasteiger partial charge in [0.1, 0.15) is 10.9 Å². The first kappa shape index (κ1) is 13.3. The fraction of sp³-hybridized carbons (Fsp3) is 0.375. The summed E-state index contributed by atoms with van der Waals surface area (Å²) < 4.78 is 0. The van der Waals surface area contributed by atoms with Crippen molar-refractivity contribution in [2.75, 3.05) is 0 Å². The van der Waals surface area contributed by atoms with Gasteiger partial charge >= 0.3 is 5.97 Å². The van der Waals surface area contributed by atoms with Crippen LogP contribution in [0.4, 0.5) is 0 Å². The van der Waals surface area contributed by atoms with E-state index in [0.29, 0.717) is 6.42 Å². The summed E-state index contributed by atoms with van der Waals surface area (Å²) in [5.41, 5.74) is 1.82. The summed E-state index contributed by atoms with van der Waals surface area (Å²) in [5, 5.41) is 10.3. The molecule has 0 saturated heterocycles. The number of carbonyl (C=O) groups is 1. The third-order valence-electron chi connectivity index (χ3n) is 4.05. The number of fused-ring (bicyclic) bond motifs is 1. The highest BCUT2D eigenvalue weighted by Crippen LogP contribution is 2.42. The molecule has 1 heterocycles. The van der Waals surface area contributed by atoms with Crippen LogP contribution in [-0.2, 0) is 16.6 Å². The van der Waals surface area contributed by atoms with E-state index in [-0.39, 0.29) is 5.41 Å². The van der Waals surface area contributed by atoms with Crippen LogP contribution in [0.3, 0.4) is 0 Å². The van der Waals surface area contributed by atoms with Crippen LogP contribution in [-0.4, -0.2) is 16.1 Å². The number of nitrogens with zero attached hydrogens (tertiary/aromatic N) is 1. The number of aryl methyl sites for hydroxylation is 1. The molecular weight excluding hydrogens is 270 g/mol. The molecule has 1 aliphatic carbocycles. The Kier molecular flexibility index (Phi) is 3.13. The van der Waals surface area contributed by atoms with Crippen molar-refractivity contribution in [2.24, 2.45) is 0 Å². The van der Waals surface area contributed by atoms with Crippen LogP contribution in [0.25, 0.3) is 0 Å². The summed E-state index contributed by atoms with van der Waals surface area (Å²) in [6.45, 7) is 4.29. The SMILES string of the molecule is CC(C)(c1ccccc1)c1nc2c(s1)CCC2C(=O)O. The topological polar surface area (TPSA) is 50.2 Å². The largest absolute Gasteiger partial charge is 0.481 e. The number of carboxylic acid groups (broad SMARTS) is 1. The van der Waals surface area contributed by atoms with Crippen LogP contribution in [0.1, 0.15) is 47.3 Å². The van der Waals surface area contributed by atoms with Gasteiger partial charge in [0.05, 0.1) is 5.69 Å². The molecule has 3 nitrogen and oxygen atoms in total. The van der Waals surface area contributed by atoms with Gasteiger partial charge in [-0.05, 0) is 32.3 Å². The van der Waals surface area contributed by atoms with Gasteiger partial charge in [-0.15, -0.1) is 11.3 Å². The number of hydrogen-bond donors (Lipinski definition) is 1. The molecule has 20 heavy (non-hydrogen) atoms. The first-order valence-electron chi connectivity index (χ1n) is 6.78. The average molecular weight is 287 g/mol. The highest BCUT2D eigenvalue weighted by atomic mass is 32.1. The van der Waals surface area contributed by atoms with E-state index < -0.39 is 11.9 Å². The molecule has 1 aromatic heterocycles. The second-order valence-corrected chi connectivity index (χ2v) is 6.83. The van der Waals surface area contributed by atoms with Gasteiger partial charge in [-0.2, -0.15) is 0 Å². The van der Waals surface area contributed by atoms with Gasteiger partial charge in [0.2, 0.25) is 0 Å². The average Bonchev–Trinajstić information content (AvgIpc) is 2.99. The van der Waals surface area contributed by atoms with Crippen molar-refractivity contribution in [2.45, 2.75) is 38.0 Å². The van der Waals surface area contributed by atoms with E-state index in [0.717, 1.165) is 22.0 Å². The lowest BCUT2D eigenvalue weighted by atomic mass is 9.85. The van der Waals surface area contributed by atoms with Crippen LogP contribution in [0.15, 0.2) is 30.3 Å². The fourth-order valence-corrected chi connectivity index (χ4v) is 3.98. The summed E-state index contributed by atoms with van der Waals surface area (Å²) in [5.74, 6) is -1.17. The number of thiazole rings is 1. The monoisotopic (exact) mass is 287 g/mol. The molecule has 0 saturated carbocycles. The van der Waals surface area contributed by atoms with Gasteiger partial charge in [-0.3, -0.25) is 4.79 Å².